The van der Waals surface area contributed by atoms with Crippen LogP contribution >= 0.6 is 0 Å². The molecule has 1 aliphatic rings. The number of ether oxygens (including phenoxy) is 1. The molecule has 0 amide bonds. The summed E-state index contributed by atoms with van der Waals surface area (Å²) in [6.07, 6.45) is 5.38. The molecule has 1 saturated heterocycles. The zero-order chi connectivity index (χ0) is 15.2. The first-order valence-electron chi connectivity index (χ1n) is 7.44. The van der Waals surface area contributed by atoms with Gasteiger partial charge in [-0.15, -0.1) is 0 Å². The van der Waals surface area contributed by atoms with E-state index in [-0.39, 0.29) is 0 Å². The summed E-state index contributed by atoms with van der Waals surface area (Å²) in [6, 6.07) is 3.20. The number of hydrogen-bond acceptors (Lipinski definition) is 3. The lowest BCUT2D eigenvalue weighted by atomic mass is 10.0. The predicted molar refractivity (Wildman–Crippen MR) is 78.0 cm³/mol. The fraction of sp³-hybridized carbons (Fsp3) is 0.562. The number of hydrogen-bond donors (Lipinski definition) is 1. The molecule has 0 bridgehead atoms. The van der Waals surface area contributed by atoms with Crippen molar-refractivity contribution in [3.05, 3.63) is 29.6 Å². The summed E-state index contributed by atoms with van der Waals surface area (Å²) in [5.74, 6) is -0.977. The van der Waals surface area contributed by atoms with E-state index in [1.54, 1.807) is 0 Å². The molecule has 21 heavy (non-hydrogen) atoms. The predicted octanol–water partition coefficient (Wildman–Crippen LogP) is 3.23. The molecule has 0 spiro atoms. The summed E-state index contributed by atoms with van der Waals surface area (Å²) >= 11 is 0. The van der Waals surface area contributed by atoms with Crippen molar-refractivity contribution in [1.29, 1.82) is 0 Å². The van der Waals surface area contributed by atoms with Gasteiger partial charge in [-0.25, -0.2) is 4.39 Å². The van der Waals surface area contributed by atoms with E-state index in [0.29, 0.717) is 11.3 Å². The Morgan fingerprint density at radius 2 is 1.86 bits per heavy atom. The number of nitrogens with zero attached hydrogens (tertiary/aromatic N) is 1. The van der Waals surface area contributed by atoms with Gasteiger partial charge < -0.3 is 9.84 Å². The van der Waals surface area contributed by atoms with E-state index in [1.165, 1.54) is 31.7 Å². The minimum absolute atomic E-state index is 0.394. The van der Waals surface area contributed by atoms with Gasteiger partial charge in [0.25, 0.3) is 0 Å². The minimum atomic E-state index is -0.959. The van der Waals surface area contributed by atoms with Crippen LogP contribution < -0.4 is 4.74 Å². The third-order valence-corrected chi connectivity index (χ3v) is 3.98. The highest BCUT2D eigenvalue weighted by atomic mass is 19.1. The van der Waals surface area contributed by atoms with Crippen molar-refractivity contribution in [2.24, 2.45) is 0 Å². The van der Waals surface area contributed by atoms with Gasteiger partial charge >= 0.3 is 5.97 Å². The van der Waals surface area contributed by atoms with Gasteiger partial charge in [-0.2, -0.15) is 0 Å². The van der Waals surface area contributed by atoms with E-state index in [2.05, 4.69) is 0 Å². The molecule has 2 rings (SSSR count). The van der Waals surface area contributed by atoms with E-state index in [1.807, 2.05) is 4.90 Å². The molecule has 1 heterocycles. The molecule has 1 atom stereocenters. The smallest absolute Gasteiger partial charge is 0.325 e. The van der Waals surface area contributed by atoms with Gasteiger partial charge in [0.1, 0.15) is 17.6 Å². The number of likely N-dealkylation sites (tertiary alicyclic amines) is 1. The SMILES string of the molecule is COc1ccc(F)cc1[C@H](C(=O)O)N1CCCCCCC1. The van der Waals surface area contributed by atoms with Crippen LogP contribution in [0.2, 0.25) is 0 Å². The fourth-order valence-corrected chi connectivity index (χ4v) is 2.93. The van der Waals surface area contributed by atoms with Crippen LogP contribution in [0, 0.1) is 5.82 Å². The second kappa shape index (κ2) is 7.41. The zero-order valence-corrected chi connectivity index (χ0v) is 12.3. The first-order chi connectivity index (χ1) is 10.1. The Balaban J connectivity index is 2.33. The fourth-order valence-electron chi connectivity index (χ4n) is 2.93. The second-order valence-electron chi connectivity index (χ2n) is 5.43. The Bertz CT molecular complexity index is 484. The van der Waals surface area contributed by atoms with Gasteiger partial charge in [0.15, 0.2) is 0 Å². The van der Waals surface area contributed by atoms with E-state index in [0.717, 1.165) is 38.8 Å². The molecule has 1 aromatic carbocycles. The molecule has 0 aromatic heterocycles. The van der Waals surface area contributed by atoms with Gasteiger partial charge in [0, 0.05) is 5.56 Å². The summed E-state index contributed by atoms with van der Waals surface area (Å²) in [5, 5.41) is 9.63. The van der Waals surface area contributed by atoms with E-state index in [4.69, 9.17) is 4.74 Å². The van der Waals surface area contributed by atoms with Crippen LogP contribution in [-0.4, -0.2) is 36.2 Å². The Morgan fingerprint density at radius 3 is 2.43 bits per heavy atom. The van der Waals surface area contributed by atoms with Crippen molar-refractivity contribution in [2.45, 2.75) is 38.1 Å². The van der Waals surface area contributed by atoms with Gasteiger partial charge in [-0.05, 0) is 44.1 Å². The first kappa shape index (κ1) is 15.8. The van der Waals surface area contributed by atoms with E-state index >= 15 is 0 Å². The quantitative estimate of drug-likeness (QED) is 0.926. The van der Waals surface area contributed by atoms with Crippen LogP contribution in [0.5, 0.6) is 5.75 Å². The van der Waals surface area contributed by atoms with Crippen molar-refractivity contribution < 1.29 is 19.0 Å². The topological polar surface area (TPSA) is 49.8 Å². The van der Waals surface area contributed by atoms with Crippen molar-refractivity contribution >= 4 is 5.97 Å². The molecule has 5 heteroatoms. The Morgan fingerprint density at radius 1 is 1.24 bits per heavy atom. The summed E-state index contributed by atoms with van der Waals surface area (Å²) in [4.78, 5) is 13.7. The lowest BCUT2D eigenvalue weighted by Gasteiger charge is -2.31. The molecule has 0 saturated carbocycles. The van der Waals surface area contributed by atoms with Gasteiger partial charge in [-0.1, -0.05) is 19.3 Å². The minimum Gasteiger partial charge on any atom is -0.496 e. The lowest BCUT2D eigenvalue weighted by molar-refractivity contribution is -0.143. The lowest BCUT2D eigenvalue weighted by Crippen LogP contribution is -2.36. The van der Waals surface area contributed by atoms with Crippen molar-refractivity contribution in [1.82, 2.24) is 4.90 Å². The molecule has 1 fully saturated rings. The van der Waals surface area contributed by atoms with Crippen LogP contribution in [0.15, 0.2) is 18.2 Å². The number of carboxylic acids is 1. The number of carbonyl (C=O) groups is 1. The van der Waals surface area contributed by atoms with Crippen LogP contribution in [-0.2, 0) is 4.79 Å². The normalized spacial score (nSPS) is 18.6. The molecule has 4 nitrogen and oxygen atoms in total. The third kappa shape index (κ3) is 3.94. The number of benzene rings is 1. The maximum atomic E-state index is 13.6. The Hall–Kier alpha value is -1.62. The molecule has 0 radical (unpaired) electrons. The summed E-state index contributed by atoms with van der Waals surface area (Å²) in [6.45, 7) is 1.44. The Kier molecular flexibility index (Phi) is 5.56. The number of methoxy groups -OCH3 is 1. The molecule has 116 valence electrons. The highest BCUT2D eigenvalue weighted by Gasteiger charge is 2.30. The van der Waals surface area contributed by atoms with E-state index < -0.39 is 17.8 Å². The largest absolute Gasteiger partial charge is 0.496 e. The second-order valence-corrected chi connectivity index (χ2v) is 5.43. The van der Waals surface area contributed by atoms with Crippen LogP contribution in [0.25, 0.3) is 0 Å². The van der Waals surface area contributed by atoms with Crippen LogP contribution in [0.4, 0.5) is 4.39 Å². The number of halogens is 1. The van der Waals surface area contributed by atoms with Gasteiger partial charge in [-0.3, -0.25) is 9.69 Å². The monoisotopic (exact) mass is 295 g/mol. The van der Waals surface area contributed by atoms with Gasteiger partial charge in [0.2, 0.25) is 0 Å². The highest BCUT2D eigenvalue weighted by molar-refractivity contribution is 5.76. The number of carboxylic acid groups (broad SMARTS) is 1. The van der Waals surface area contributed by atoms with Crippen molar-refractivity contribution in [3.8, 4) is 5.75 Å². The summed E-state index contributed by atoms with van der Waals surface area (Å²) < 4.78 is 18.8. The molecule has 0 unspecified atom stereocenters. The molecular weight excluding hydrogens is 273 g/mol. The first-order valence-corrected chi connectivity index (χ1v) is 7.44. The van der Waals surface area contributed by atoms with Crippen molar-refractivity contribution in [2.75, 3.05) is 20.2 Å². The summed E-state index contributed by atoms with van der Waals surface area (Å²) in [5.41, 5.74) is 0.394. The molecule has 1 aromatic rings. The average Bonchev–Trinajstić information content (AvgIpc) is 2.41. The zero-order valence-electron chi connectivity index (χ0n) is 12.3. The van der Waals surface area contributed by atoms with Crippen LogP contribution in [0.3, 0.4) is 0 Å². The molecular formula is C16H22FNO3. The highest BCUT2D eigenvalue weighted by Crippen LogP contribution is 2.31. The van der Waals surface area contributed by atoms with Gasteiger partial charge in [0.05, 0.1) is 7.11 Å². The molecule has 1 aliphatic heterocycles. The number of rotatable bonds is 4. The third-order valence-electron chi connectivity index (χ3n) is 3.98. The standard InChI is InChI=1S/C16H22FNO3/c1-21-14-8-7-12(17)11-13(14)15(16(19)20)18-9-5-3-2-4-6-10-18/h7-8,11,15H,2-6,9-10H2,1H3,(H,19,20)/t15-/m1/s1. The maximum absolute atomic E-state index is 13.6. The maximum Gasteiger partial charge on any atom is 0.325 e. The summed E-state index contributed by atoms with van der Waals surface area (Å²) in [7, 11) is 1.48. The van der Waals surface area contributed by atoms with Crippen LogP contribution in [0.1, 0.15) is 43.7 Å². The van der Waals surface area contributed by atoms with Crippen molar-refractivity contribution in [3.63, 3.8) is 0 Å². The molecule has 0 aliphatic carbocycles. The average molecular weight is 295 g/mol. The van der Waals surface area contributed by atoms with E-state index in [9.17, 15) is 14.3 Å². The number of aliphatic carboxylic acids is 1. The molecule has 1 N–H and O–H groups in total. The Labute approximate surface area is 124 Å².